The predicted octanol–water partition coefficient (Wildman–Crippen LogP) is 3.76. The second-order valence-electron chi connectivity index (χ2n) is 5.16. The molecule has 0 fully saturated rings. The maximum absolute atomic E-state index is 3.48. The molecule has 84 valence electrons. The molecule has 1 heteroatoms. The summed E-state index contributed by atoms with van der Waals surface area (Å²) in [4.78, 5) is 0. The number of nitrogens with one attached hydrogen (secondary N) is 1. The van der Waals surface area contributed by atoms with E-state index < -0.39 is 0 Å². The maximum atomic E-state index is 3.48. The van der Waals surface area contributed by atoms with E-state index in [0.29, 0.717) is 0 Å². The molecule has 0 saturated carbocycles. The van der Waals surface area contributed by atoms with Crippen LogP contribution < -0.4 is 5.32 Å². The Morgan fingerprint density at radius 3 is 2.43 bits per heavy atom. The van der Waals surface area contributed by atoms with Gasteiger partial charge in [-0.15, -0.1) is 0 Å². The Morgan fingerprint density at radius 2 is 1.93 bits per heavy atom. The zero-order valence-corrected chi connectivity index (χ0v) is 10.6. The minimum atomic E-state index is 0.253. The molecule has 1 N–H and O–H groups in total. The van der Waals surface area contributed by atoms with E-state index in [1.165, 1.54) is 12.8 Å². The lowest BCUT2D eigenvalue weighted by molar-refractivity contribution is 0.431. The lowest BCUT2D eigenvalue weighted by atomic mass is 10.1. The molecule has 0 spiro atoms. The van der Waals surface area contributed by atoms with Crippen LogP contribution in [-0.2, 0) is 0 Å². The van der Waals surface area contributed by atoms with Gasteiger partial charge in [-0.1, -0.05) is 32.4 Å². The molecule has 0 radical (unpaired) electrons. The minimum Gasteiger partial charge on any atom is -0.312 e. The van der Waals surface area contributed by atoms with Crippen LogP contribution in [0.1, 0.15) is 53.9 Å². The molecule has 14 heavy (non-hydrogen) atoms. The molecule has 0 aromatic carbocycles. The molecule has 0 aliphatic rings. The second kappa shape index (κ2) is 7.05. The molecule has 0 aliphatic carbocycles. The fourth-order valence-electron chi connectivity index (χ4n) is 1.41. The van der Waals surface area contributed by atoms with E-state index in [0.717, 1.165) is 18.9 Å². The Kier molecular flexibility index (Phi) is 6.90. The van der Waals surface area contributed by atoms with Crippen LogP contribution in [0.25, 0.3) is 0 Å². The molecule has 0 bridgehead atoms. The van der Waals surface area contributed by atoms with Crippen LogP contribution in [0, 0.1) is 5.92 Å². The third-order valence-electron chi connectivity index (χ3n) is 2.17. The summed E-state index contributed by atoms with van der Waals surface area (Å²) in [5.41, 5.74) is 0.253. The molecule has 0 aliphatic heterocycles. The van der Waals surface area contributed by atoms with Crippen LogP contribution >= 0.6 is 0 Å². The average molecular weight is 197 g/mol. The first-order valence-electron chi connectivity index (χ1n) is 5.87. The third kappa shape index (κ3) is 9.79. The molecule has 1 atom stereocenters. The summed E-state index contributed by atoms with van der Waals surface area (Å²) in [6, 6.07) is 0. The second-order valence-corrected chi connectivity index (χ2v) is 5.16. The van der Waals surface area contributed by atoms with Crippen molar-refractivity contribution < 1.29 is 0 Å². The van der Waals surface area contributed by atoms with Gasteiger partial charge in [0.2, 0.25) is 0 Å². The first-order valence-corrected chi connectivity index (χ1v) is 5.87. The summed E-state index contributed by atoms with van der Waals surface area (Å²) >= 11 is 0. The normalized spacial score (nSPS) is 14.9. The first-order chi connectivity index (χ1) is 6.45. The SMILES string of the molecule is CCCC(C)/C=C/CCNC(C)(C)C. The van der Waals surface area contributed by atoms with Crippen LogP contribution in [0.2, 0.25) is 0 Å². The van der Waals surface area contributed by atoms with Crippen LogP contribution in [0.15, 0.2) is 12.2 Å². The Hall–Kier alpha value is -0.300. The molecule has 1 nitrogen and oxygen atoms in total. The Labute approximate surface area is 90.0 Å². The predicted molar refractivity (Wildman–Crippen MR) is 65.6 cm³/mol. The quantitative estimate of drug-likeness (QED) is 0.505. The van der Waals surface area contributed by atoms with Gasteiger partial charge in [0.05, 0.1) is 0 Å². The van der Waals surface area contributed by atoms with Gasteiger partial charge < -0.3 is 5.32 Å². The van der Waals surface area contributed by atoms with Crippen LogP contribution in [0.3, 0.4) is 0 Å². The summed E-state index contributed by atoms with van der Waals surface area (Å²) in [6.45, 7) is 12.2. The highest BCUT2D eigenvalue weighted by Crippen LogP contribution is 2.06. The van der Waals surface area contributed by atoms with E-state index in [1.807, 2.05) is 0 Å². The van der Waals surface area contributed by atoms with Crippen molar-refractivity contribution in [3.8, 4) is 0 Å². The topological polar surface area (TPSA) is 12.0 Å². The highest BCUT2D eigenvalue weighted by atomic mass is 14.9. The van der Waals surface area contributed by atoms with Crippen molar-refractivity contribution in [3.05, 3.63) is 12.2 Å². The number of hydrogen-bond acceptors (Lipinski definition) is 1. The van der Waals surface area contributed by atoms with Crippen molar-refractivity contribution >= 4 is 0 Å². The van der Waals surface area contributed by atoms with Crippen molar-refractivity contribution in [3.63, 3.8) is 0 Å². The molecule has 0 heterocycles. The number of hydrogen-bond donors (Lipinski definition) is 1. The van der Waals surface area contributed by atoms with Crippen molar-refractivity contribution in [1.82, 2.24) is 5.32 Å². The van der Waals surface area contributed by atoms with Gasteiger partial charge in [0.1, 0.15) is 0 Å². The highest BCUT2D eigenvalue weighted by Gasteiger charge is 2.06. The van der Waals surface area contributed by atoms with Crippen LogP contribution in [0.5, 0.6) is 0 Å². The van der Waals surface area contributed by atoms with Crippen molar-refractivity contribution in [2.75, 3.05) is 6.54 Å². The van der Waals surface area contributed by atoms with Gasteiger partial charge in [-0.25, -0.2) is 0 Å². The van der Waals surface area contributed by atoms with Gasteiger partial charge in [0.25, 0.3) is 0 Å². The fourth-order valence-corrected chi connectivity index (χ4v) is 1.41. The first kappa shape index (κ1) is 13.7. The summed E-state index contributed by atoms with van der Waals surface area (Å²) in [5.74, 6) is 0.745. The summed E-state index contributed by atoms with van der Waals surface area (Å²) in [5, 5.41) is 3.48. The van der Waals surface area contributed by atoms with Gasteiger partial charge in [0, 0.05) is 5.54 Å². The van der Waals surface area contributed by atoms with E-state index in [2.05, 4.69) is 52.1 Å². The Balaban J connectivity index is 3.44. The van der Waals surface area contributed by atoms with E-state index in [1.54, 1.807) is 0 Å². The Bertz CT molecular complexity index is 153. The summed E-state index contributed by atoms with van der Waals surface area (Å²) in [7, 11) is 0. The van der Waals surface area contributed by atoms with E-state index in [9.17, 15) is 0 Å². The minimum absolute atomic E-state index is 0.253. The van der Waals surface area contributed by atoms with Gasteiger partial charge in [-0.3, -0.25) is 0 Å². The average Bonchev–Trinajstić information content (AvgIpc) is 2.02. The summed E-state index contributed by atoms with van der Waals surface area (Å²) in [6.07, 6.45) is 8.38. The third-order valence-corrected chi connectivity index (χ3v) is 2.17. The van der Waals surface area contributed by atoms with Crippen molar-refractivity contribution in [1.29, 1.82) is 0 Å². The Morgan fingerprint density at radius 1 is 1.29 bits per heavy atom. The number of allylic oxidation sites excluding steroid dienone is 1. The molecule has 0 amide bonds. The van der Waals surface area contributed by atoms with Gasteiger partial charge in [0.15, 0.2) is 0 Å². The van der Waals surface area contributed by atoms with E-state index in [4.69, 9.17) is 0 Å². The van der Waals surface area contributed by atoms with Crippen LogP contribution in [-0.4, -0.2) is 12.1 Å². The largest absolute Gasteiger partial charge is 0.312 e. The lowest BCUT2D eigenvalue weighted by Gasteiger charge is -2.19. The standard InChI is InChI=1S/C13H27N/c1-6-9-12(2)10-7-8-11-14-13(3,4)5/h7,10,12,14H,6,8-9,11H2,1-5H3/b10-7+. The lowest BCUT2D eigenvalue weighted by Crippen LogP contribution is -2.36. The highest BCUT2D eigenvalue weighted by molar-refractivity contribution is 4.87. The van der Waals surface area contributed by atoms with Crippen molar-refractivity contribution in [2.45, 2.75) is 59.4 Å². The zero-order chi connectivity index (χ0) is 11.0. The molecular weight excluding hydrogens is 170 g/mol. The zero-order valence-electron chi connectivity index (χ0n) is 10.6. The summed E-state index contributed by atoms with van der Waals surface area (Å²) < 4.78 is 0. The molecule has 1 unspecified atom stereocenters. The smallest absolute Gasteiger partial charge is 0.00966 e. The molecular formula is C13H27N. The van der Waals surface area contributed by atoms with E-state index >= 15 is 0 Å². The fraction of sp³-hybridized carbons (Fsp3) is 0.846. The monoisotopic (exact) mass is 197 g/mol. The molecule has 0 aromatic heterocycles. The van der Waals surface area contributed by atoms with E-state index in [-0.39, 0.29) is 5.54 Å². The van der Waals surface area contributed by atoms with Crippen LogP contribution in [0.4, 0.5) is 0 Å². The number of rotatable bonds is 6. The van der Waals surface area contributed by atoms with Crippen molar-refractivity contribution in [2.24, 2.45) is 5.92 Å². The van der Waals surface area contributed by atoms with Gasteiger partial charge >= 0.3 is 0 Å². The van der Waals surface area contributed by atoms with Gasteiger partial charge in [-0.2, -0.15) is 0 Å². The molecule has 0 aromatic rings. The molecule has 0 rings (SSSR count). The van der Waals surface area contributed by atoms with Gasteiger partial charge in [-0.05, 0) is 46.1 Å². The maximum Gasteiger partial charge on any atom is 0.00966 e. The molecule has 0 saturated heterocycles.